The lowest BCUT2D eigenvalue weighted by Crippen LogP contribution is -2.40. The fraction of sp³-hybridized carbons (Fsp3) is 0.333. The van der Waals surface area contributed by atoms with Crippen molar-refractivity contribution in [1.82, 2.24) is 4.31 Å². The number of ether oxygens (including phenoxy) is 2. The van der Waals surface area contributed by atoms with Gasteiger partial charge in [-0.05, 0) is 23.8 Å². The smallest absolute Gasteiger partial charge is 0.331 e. The van der Waals surface area contributed by atoms with E-state index in [-0.39, 0.29) is 11.5 Å². The van der Waals surface area contributed by atoms with Crippen LogP contribution in [0, 0.1) is 11.3 Å². The van der Waals surface area contributed by atoms with Gasteiger partial charge in [-0.15, -0.1) is 0 Å². The van der Waals surface area contributed by atoms with E-state index in [1.54, 1.807) is 18.2 Å². The van der Waals surface area contributed by atoms with Gasteiger partial charge in [-0.2, -0.15) is 9.57 Å². The third kappa shape index (κ3) is 4.63. The van der Waals surface area contributed by atoms with Gasteiger partial charge in [-0.3, -0.25) is 0 Å². The van der Waals surface area contributed by atoms with Crippen molar-refractivity contribution in [2.24, 2.45) is 0 Å². The summed E-state index contributed by atoms with van der Waals surface area (Å²) in [6.07, 6.45) is 2.67. The van der Waals surface area contributed by atoms with Gasteiger partial charge in [-0.1, -0.05) is 12.1 Å². The minimum absolute atomic E-state index is 0.198. The second kappa shape index (κ2) is 7.87. The van der Waals surface area contributed by atoms with Crippen molar-refractivity contribution in [3.8, 4) is 6.07 Å². The lowest BCUT2D eigenvalue weighted by molar-refractivity contribution is -0.136. The van der Waals surface area contributed by atoms with Gasteiger partial charge in [0.15, 0.2) is 6.61 Å². The molecule has 2 rings (SSSR count). The number of carbonyl (C=O) groups excluding carboxylic acids is 1. The predicted molar refractivity (Wildman–Crippen MR) is 81.6 cm³/mol. The van der Waals surface area contributed by atoms with E-state index in [1.807, 2.05) is 0 Å². The Morgan fingerprint density at radius 1 is 1.30 bits per heavy atom. The number of rotatable bonds is 5. The maximum atomic E-state index is 12.4. The molecule has 0 N–H and O–H groups in total. The number of benzene rings is 1. The number of morpholine rings is 1. The number of nitriles is 1. The van der Waals surface area contributed by atoms with E-state index in [0.717, 1.165) is 0 Å². The Kier molecular flexibility index (Phi) is 5.87. The van der Waals surface area contributed by atoms with Gasteiger partial charge >= 0.3 is 5.97 Å². The third-order valence-electron chi connectivity index (χ3n) is 3.18. The van der Waals surface area contributed by atoms with E-state index >= 15 is 0 Å². The molecule has 23 heavy (non-hydrogen) atoms. The highest BCUT2D eigenvalue weighted by Crippen LogP contribution is 2.18. The van der Waals surface area contributed by atoms with Crippen molar-refractivity contribution in [2.45, 2.75) is 4.90 Å². The molecule has 0 radical (unpaired) electrons. The molecule has 0 unspecified atom stereocenters. The summed E-state index contributed by atoms with van der Waals surface area (Å²) >= 11 is 0. The summed E-state index contributed by atoms with van der Waals surface area (Å²) < 4.78 is 36.0. The number of hydrogen-bond acceptors (Lipinski definition) is 6. The molecule has 0 aliphatic carbocycles. The van der Waals surface area contributed by atoms with Gasteiger partial charge < -0.3 is 9.47 Å². The fourth-order valence-electron chi connectivity index (χ4n) is 2.00. The summed E-state index contributed by atoms with van der Waals surface area (Å²) in [5.41, 5.74) is 0.653. The quantitative estimate of drug-likeness (QED) is 0.582. The number of carbonyl (C=O) groups is 1. The van der Waals surface area contributed by atoms with Crippen LogP contribution >= 0.6 is 0 Å². The molecule has 0 aromatic heterocycles. The molecule has 1 aromatic carbocycles. The molecular weight excluding hydrogens is 320 g/mol. The summed E-state index contributed by atoms with van der Waals surface area (Å²) in [5, 5.41) is 8.29. The van der Waals surface area contributed by atoms with E-state index in [4.69, 9.17) is 10.00 Å². The molecule has 0 saturated carbocycles. The molecule has 1 aliphatic rings. The number of sulfonamides is 1. The third-order valence-corrected chi connectivity index (χ3v) is 5.09. The van der Waals surface area contributed by atoms with Gasteiger partial charge in [-0.25, -0.2) is 13.2 Å². The lowest BCUT2D eigenvalue weighted by atomic mass is 10.2. The van der Waals surface area contributed by atoms with Crippen LogP contribution in [0.15, 0.2) is 35.2 Å². The molecule has 0 spiro atoms. The topological polar surface area (TPSA) is 96.7 Å². The molecule has 1 saturated heterocycles. The van der Waals surface area contributed by atoms with Gasteiger partial charge in [0.1, 0.15) is 6.07 Å². The van der Waals surface area contributed by atoms with Crippen LogP contribution in [0.2, 0.25) is 0 Å². The monoisotopic (exact) mass is 336 g/mol. The summed E-state index contributed by atoms with van der Waals surface area (Å²) in [6.45, 7) is 1.17. The molecule has 122 valence electrons. The van der Waals surface area contributed by atoms with Gasteiger partial charge in [0.2, 0.25) is 10.0 Å². The molecule has 0 amide bonds. The summed E-state index contributed by atoms with van der Waals surface area (Å²) in [4.78, 5) is 11.4. The first-order valence-electron chi connectivity index (χ1n) is 6.94. The lowest BCUT2D eigenvalue weighted by Gasteiger charge is -2.26. The van der Waals surface area contributed by atoms with Crippen molar-refractivity contribution in [2.75, 3.05) is 32.9 Å². The van der Waals surface area contributed by atoms with Gasteiger partial charge in [0.25, 0.3) is 0 Å². The van der Waals surface area contributed by atoms with Crippen LogP contribution in [0.5, 0.6) is 0 Å². The second-order valence-corrected chi connectivity index (χ2v) is 6.62. The van der Waals surface area contributed by atoms with E-state index in [1.165, 1.54) is 28.6 Å². The highest BCUT2D eigenvalue weighted by molar-refractivity contribution is 7.89. The molecule has 1 heterocycles. The van der Waals surface area contributed by atoms with Crippen molar-refractivity contribution in [3.63, 3.8) is 0 Å². The summed E-state index contributed by atoms with van der Waals surface area (Å²) in [6, 6.07) is 7.87. The van der Waals surface area contributed by atoms with Gasteiger partial charge in [0.05, 0.1) is 18.1 Å². The Labute approximate surface area is 134 Å². The van der Waals surface area contributed by atoms with Crippen molar-refractivity contribution in [1.29, 1.82) is 5.26 Å². The van der Waals surface area contributed by atoms with E-state index in [9.17, 15) is 13.2 Å². The van der Waals surface area contributed by atoms with Crippen molar-refractivity contribution >= 4 is 22.1 Å². The van der Waals surface area contributed by atoms with Crippen LogP contribution in [0.4, 0.5) is 0 Å². The van der Waals surface area contributed by atoms with Crippen LogP contribution in [0.3, 0.4) is 0 Å². The minimum Gasteiger partial charge on any atom is -0.447 e. The number of hydrogen-bond donors (Lipinski definition) is 0. The van der Waals surface area contributed by atoms with E-state index in [0.29, 0.717) is 31.9 Å². The fourth-order valence-corrected chi connectivity index (χ4v) is 3.41. The van der Waals surface area contributed by atoms with Crippen molar-refractivity contribution < 1.29 is 22.7 Å². The Hall–Kier alpha value is -2.21. The highest BCUT2D eigenvalue weighted by atomic mass is 32.2. The largest absolute Gasteiger partial charge is 0.447 e. The first-order chi connectivity index (χ1) is 11.0. The van der Waals surface area contributed by atoms with Crippen molar-refractivity contribution in [3.05, 3.63) is 35.9 Å². The van der Waals surface area contributed by atoms with Crippen LogP contribution in [-0.2, 0) is 24.3 Å². The standard InChI is InChI=1S/C15H16N2O5S/c16-7-10-22-15(18)6-3-13-1-4-14(5-2-13)23(19,20)17-8-11-21-12-9-17/h1-6H,8-12H2. The number of nitrogens with zero attached hydrogens (tertiary/aromatic N) is 2. The van der Waals surface area contributed by atoms with Crippen LogP contribution in [0.1, 0.15) is 5.56 Å². The normalized spacial score (nSPS) is 16.1. The molecule has 8 heteroatoms. The molecule has 0 atom stereocenters. The maximum absolute atomic E-state index is 12.4. The summed E-state index contributed by atoms with van der Waals surface area (Å²) in [7, 11) is -3.52. The minimum atomic E-state index is -3.52. The molecule has 1 aromatic rings. The summed E-state index contributed by atoms with van der Waals surface area (Å²) in [5.74, 6) is -0.628. The molecule has 0 bridgehead atoms. The van der Waals surface area contributed by atoms with Crippen LogP contribution < -0.4 is 0 Å². The predicted octanol–water partition coefficient (Wildman–Crippen LogP) is 0.787. The van der Waals surface area contributed by atoms with Crippen LogP contribution in [-0.4, -0.2) is 51.6 Å². The molecule has 7 nitrogen and oxygen atoms in total. The second-order valence-electron chi connectivity index (χ2n) is 4.68. The zero-order valence-corrected chi connectivity index (χ0v) is 13.2. The average molecular weight is 336 g/mol. The first kappa shape index (κ1) is 17.1. The highest BCUT2D eigenvalue weighted by Gasteiger charge is 2.25. The average Bonchev–Trinajstić information content (AvgIpc) is 2.59. The zero-order chi connectivity index (χ0) is 16.7. The van der Waals surface area contributed by atoms with Gasteiger partial charge in [0, 0.05) is 19.2 Å². The first-order valence-corrected chi connectivity index (χ1v) is 8.38. The van der Waals surface area contributed by atoms with Crippen LogP contribution in [0.25, 0.3) is 6.08 Å². The Balaban J connectivity index is 2.05. The SMILES string of the molecule is N#CCOC(=O)C=Cc1ccc(S(=O)(=O)N2CCOCC2)cc1. The maximum Gasteiger partial charge on any atom is 0.331 e. The molecular formula is C15H16N2O5S. The Morgan fingerprint density at radius 2 is 1.96 bits per heavy atom. The number of esters is 1. The molecule has 1 fully saturated rings. The Bertz CT molecular complexity index is 713. The van der Waals surface area contributed by atoms with E-state index in [2.05, 4.69) is 4.74 Å². The Morgan fingerprint density at radius 3 is 2.57 bits per heavy atom. The zero-order valence-electron chi connectivity index (χ0n) is 12.3. The van der Waals surface area contributed by atoms with E-state index < -0.39 is 16.0 Å². The molecule has 1 aliphatic heterocycles.